The van der Waals surface area contributed by atoms with Crippen LogP contribution in [-0.4, -0.2) is 29.5 Å². The molecule has 0 radical (unpaired) electrons. The molecule has 2 heterocycles. The van der Waals surface area contributed by atoms with E-state index in [0.717, 1.165) is 26.1 Å². The molecular weight excluding hydrogens is 286 g/mol. The molecule has 2 aromatic heterocycles. The van der Waals surface area contributed by atoms with E-state index in [1.54, 1.807) is 11.3 Å². The maximum atomic E-state index is 4.68. The number of hydrogen-bond acceptors (Lipinski definition) is 5. The van der Waals surface area contributed by atoms with E-state index >= 15 is 0 Å². The topological polar surface area (TPSA) is 28.2 Å². The molecule has 0 bridgehead atoms. The van der Waals surface area contributed by atoms with Gasteiger partial charge in [-0.1, -0.05) is 13.0 Å². The molecule has 1 atom stereocenters. The molecule has 110 valence electrons. The van der Waals surface area contributed by atoms with Gasteiger partial charge in [-0.15, -0.1) is 22.7 Å². The van der Waals surface area contributed by atoms with E-state index in [2.05, 4.69) is 59.0 Å². The summed E-state index contributed by atoms with van der Waals surface area (Å²) in [5.74, 6) is 0. The van der Waals surface area contributed by atoms with E-state index in [4.69, 9.17) is 0 Å². The SMILES string of the molecule is CCNCc1nc(CN(C)C(C)Cc2cccs2)cs1. The highest BCUT2D eigenvalue weighted by molar-refractivity contribution is 7.10. The largest absolute Gasteiger partial charge is 0.311 e. The Labute approximate surface area is 129 Å². The summed E-state index contributed by atoms with van der Waals surface area (Å²) in [6, 6.07) is 4.87. The van der Waals surface area contributed by atoms with Gasteiger partial charge in [0, 0.05) is 29.4 Å². The van der Waals surface area contributed by atoms with Gasteiger partial charge in [0.05, 0.1) is 5.69 Å². The van der Waals surface area contributed by atoms with Gasteiger partial charge >= 0.3 is 0 Å². The third-order valence-corrected chi connectivity index (χ3v) is 5.16. The highest BCUT2D eigenvalue weighted by Gasteiger charge is 2.12. The Morgan fingerprint density at radius 3 is 2.95 bits per heavy atom. The second-order valence-electron chi connectivity index (χ2n) is 5.06. The lowest BCUT2D eigenvalue weighted by molar-refractivity contribution is 0.246. The summed E-state index contributed by atoms with van der Waals surface area (Å²) in [4.78, 5) is 8.52. The molecule has 0 fully saturated rings. The Bertz CT molecular complexity index is 493. The molecule has 1 N–H and O–H groups in total. The van der Waals surface area contributed by atoms with Crippen molar-refractivity contribution in [1.82, 2.24) is 15.2 Å². The third kappa shape index (κ3) is 4.66. The molecule has 0 saturated heterocycles. The lowest BCUT2D eigenvalue weighted by Crippen LogP contribution is -2.30. The van der Waals surface area contributed by atoms with Crippen LogP contribution in [0.3, 0.4) is 0 Å². The average molecular weight is 310 g/mol. The van der Waals surface area contributed by atoms with Gasteiger partial charge in [-0.05, 0) is 38.4 Å². The van der Waals surface area contributed by atoms with Crippen LogP contribution in [0.25, 0.3) is 0 Å². The van der Waals surface area contributed by atoms with Gasteiger partial charge in [0.25, 0.3) is 0 Å². The van der Waals surface area contributed by atoms with Crippen molar-refractivity contribution < 1.29 is 0 Å². The fraction of sp³-hybridized carbons (Fsp3) is 0.533. The number of hydrogen-bond donors (Lipinski definition) is 1. The lowest BCUT2D eigenvalue weighted by atomic mass is 10.2. The van der Waals surface area contributed by atoms with E-state index in [1.165, 1.54) is 15.6 Å². The molecule has 5 heteroatoms. The van der Waals surface area contributed by atoms with Gasteiger partial charge in [0.15, 0.2) is 0 Å². The van der Waals surface area contributed by atoms with Crippen LogP contribution in [0.2, 0.25) is 0 Å². The Kier molecular flexibility index (Phi) is 6.16. The van der Waals surface area contributed by atoms with Crippen molar-refractivity contribution in [1.29, 1.82) is 0 Å². The van der Waals surface area contributed by atoms with Gasteiger partial charge in [-0.25, -0.2) is 4.98 Å². The quantitative estimate of drug-likeness (QED) is 0.810. The molecule has 0 spiro atoms. The summed E-state index contributed by atoms with van der Waals surface area (Å²) in [7, 11) is 2.18. The number of rotatable bonds is 8. The first kappa shape index (κ1) is 15.6. The predicted molar refractivity (Wildman–Crippen MR) is 88.4 cm³/mol. The van der Waals surface area contributed by atoms with E-state index in [0.29, 0.717) is 6.04 Å². The van der Waals surface area contributed by atoms with Gasteiger partial charge < -0.3 is 5.32 Å². The number of likely N-dealkylation sites (N-methyl/N-ethyl adjacent to an activating group) is 1. The van der Waals surface area contributed by atoms with Crippen LogP contribution in [-0.2, 0) is 19.5 Å². The van der Waals surface area contributed by atoms with Crippen molar-refractivity contribution in [3.63, 3.8) is 0 Å². The van der Waals surface area contributed by atoms with Crippen molar-refractivity contribution >= 4 is 22.7 Å². The zero-order chi connectivity index (χ0) is 14.4. The number of nitrogens with one attached hydrogen (secondary N) is 1. The Balaban J connectivity index is 1.83. The van der Waals surface area contributed by atoms with Gasteiger partial charge in [-0.3, -0.25) is 4.90 Å². The molecule has 1 unspecified atom stereocenters. The second-order valence-corrected chi connectivity index (χ2v) is 7.04. The van der Waals surface area contributed by atoms with Crippen LogP contribution in [0.5, 0.6) is 0 Å². The minimum atomic E-state index is 0.535. The van der Waals surface area contributed by atoms with Crippen LogP contribution in [0, 0.1) is 0 Å². The van der Waals surface area contributed by atoms with Crippen molar-refractivity contribution in [2.45, 2.75) is 39.4 Å². The van der Waals surface area contributed by atoms with Gasteiger partial charge in [0.1, 0.15) is 5.01 Å². The molecule has 2 aromatic rings. The fourth-order valence-corrected chi connectivity index (χ4v) is 3.60. The zero-order valence-corrected chi connectivity index (χ0v) is 14.1. The number of aromatic nitrogens is 1. The Morgan fingerprint density at radius 2 is 2.25 bits per heavy atom. The molecule has 0 amide bonds. The molecule has 2 rings (SSSR count). The molecule has 0 aliphatic carbocycles. The fourth-order valence-electron chi connectivity index (χ4n) is 2.02. The van der Waals surface area contributed by atoms with Crippen LogP contribution in [0.1, 0.15) is 29.4 Å². The first-order valence-corrected chi connectivity index (χ1v) is 8.81. The van der Waals surface area contributed by atoms with Crippen LogP contribution >= 0.6 is 22.7 Å². The molecule has 20 heavy (non-hydrogen) atoms. The molecule has 0 saturated carbocycles. The number of thiazole rings is 1. The Hall–Kier alpha value is -0.750. The van der Waals surface area contributed by atoms with E-state index in [1.807, 2.05) is 11.3 Å². The maximum Gasteiger partial charge on any atom is 0.107 e. The summed E-state index contributed by atoms with van der Waals surface area (Å²) < 4.78 is 0. The lowest BCUT2D eigenvalue weighted by Gasteiger charge is -2.23. The third-order valence-electron chi connectivity index (χ3n) is 3.37. The van der Waals surface area contributed by atoms with Crippen LogP contribution in [0.15, 0.2) is 22.9 Å². The van der Waals surface area contributed by atoms with E-state index < -0.39 is 0 Å². The second kappa shape index (κ2) is 7.88. The van der Waals surface area contributed by atoms with Crippen molar-refractivity contribution in [2.75, 3.05) is 13.6 Å². The summed E-state index contributed by atoms with van der Waals surface area (Å²) in [6.07, 6.45) is 1.11. The Morgan fingerprint density at radius 1 is 1.40 bits per heavy atom. The first-order valence-electron chi connectivity index (χ1n) is 7.05. The van der Waals surface area contributed by atoms with Gasteiger partial charge in [0.2, 0.25) is 0 Å². The highest BCUT2D eigenvalue weighted by Crippen LogP contribution is 2.16. The smallest absolute Gasteiger partial charge is 0.107 e. The van der Waals surface area contributed by atoms with Gasteiger partial charge in [-0.2, -0.15) is 0 Å². The molecule has 0 aliphatic heterocycles. The van der Waals surface area contributed by atoms with Crippen molar-refractivity contribution in [2.24, 2.45) is 0 Å². The summed E-state index contributed by atoms with van der Waals surface area (Å²) >= 11 is 3.59. The highest BCUT2D eigenvalue weighted by atomic mass is 32.1. The predicted octanol–water partition coefficient (Wildman–Crippen LogP) is 3.38. The van der Waals surface area contributed by atoms with Crippen molar-refractivity contribution in [3.05, 3.63) is 38.5 Å². The summed E-state index contributed by atoms with van der Waals surface area (Å²) in [5, 5.41) is 8.83. The minimum Gasteiger partial charge on any atom is -0.311 e. The standard InChI is InChI=1S/C15H23N3S2/c1-4-16-9-15-17-13(11-20-15)10-18(3)12(2)8-14-6-5-7-19-14/h5-7,11-12,16H,4,8-10H2,1-3H3. The first-order chi connectivity index (χ1) is 9.69. The minimum absolute atomic E-state index is 0.535. The molecule has 3 nitrogen and oxygen atoms in total. The average Bonchev–Trinajstić information content (AvgIpc) is 3.08. The van der Waals surface area contributed by atoms with Crippen LogP contribution < -0.4 is 5.32 Å². The summed E-state index contributed by atoms with van der Waals surface area (Å²) in [6.45, 7) is 7.21. The molecular formula is C15H23N3S2. The molecule has 0 aromatic carbocycles. The summed E-state index contributed by atoms with van der Waals surface area (Å²) in [5.41, 5.74) is 1.18. The zero-order valence-electron chi connectivity index (χ0n) is 12.4. The van der Waals surface area contributed by atoms with Crippen LogP contribution in [0.4, 0.5) is 0 Å². The van der Waals surface area contributed by atoms with E-state index in [-0.39, 0.29) is 0 Å². The number of nitrogens with zero attached hydrogens (tertiary/aromatic N) is 2. The van der Waals surface area contributed by atoms with Crippen molar-refractivity contribution in [3.8, 4) is 0 Å². The normalized spacial score (nSPS) is 13.0. The monoisotopic (exact) mass is 309 g/mol. The maximum absolute atomic E-state index is 4.68. The molecule has 0 aliphatic rings. The number of thiophene rings is 1. The van der Waals surface area contributed by atoms with E-state index in [9.17, 15) is 0 Å².